The van der Waals surface area contributed by atoms with Gasteiger partial charge in [0, 0.05) is 13.2 Å². The summed E-state index contributed by atoms with van der Waals surface area (Å²) in [7, 11) is 1.74. The molecule has 1 N–H and O–H groups in total. The molecule has 0 radical (unpaired) electrons. The first-order chi connectivity index (χ1) is 7.90. The summed E-state index contributed by atoms with van der Waals surface area (Å²) in [6.07, 6.45) is 1.69. The van der Waals surface area contributed by atoms with E-state index in [1.54, 1.807) is 27.1 Å². The normalized spacial score (nSPS) is 19.8. The van der Waals surface area contributed by atoms with Crippen LogP contribution in [-0.4, -0.2) is 43.8 Å². The molecule has 1 aliphatic rings. The Bertz CT molecular complexity index is 465. The average molecular weight is 237 g/mol. The van der Waals surface area contributed by atoms with Gasteiger partial charge in [0.05, 0.1) is 18.6 Å². The van der Waals surface area contributed by atoms with Gasteiger partial charge in [0.1, 0.15) is 5.69 Å². The molecule has 2 rings (SSSR count). The van der Waals surface area contributed by atoms with E-state index in [0.29, 0.717) is 5.69 Å². The molecule has 7 nitrogen and oxygen atoms in total. The van der Waals surface area contributed by atoms with E-state index in [4.69, 9.17) is 0 Å². The number of aromatic nitrogens is 3. The highest BCUT2D eigenvalue weighted by Gasteiger charge is 2.39. The highest BCUT2D eigenvalue weighted by Crippen LogP contribution is 2.15. The summed E-state index contributed by atoms with van der Waals surface area (Å²) < 4.78 is 1.54. The van der Waals surface area contributed by atoms with Gasteiger partial charge in [0.2, 0.25) is 11.8 Å². The highest BCUT2D eigenvalue weighted by atomic mass is 16.2. The van der Waals surface area contributed by atoms with Gasteiger partial charge in [0.25, 0.3) is 0 Å². The lowest BCUT2D eigenvalue weighted by Gasteiger charge is -2.36. The van der Waals surface area contributed by atoms with Crippen LogP contribution in [0.3, 0.4) is 0 Å². The lowest BCUT2D eigenvalue weighted by molar-refractivity contribution is -0.153. The molecule has 0 unspecified atom stereocenters. The van der Waals surface area contributed by atoms with Crippen LogP contribution in [0.2, 0.25) is 0 Å². The first-order valence-corrected chi connectivity index (χ1v) is 5.35. The average Bonchev–Trinajstić information content (AvgIpc) is 2.66. The first-order valence-electron chi connectivity index (χ1n) is 5.35. The molecule has 92 valence electrons. The second kappa shape index (κ2) is 3.92. The van der Waals surface area contributed by atoms with Crippen molar-refractivity contribution in [3.63, 3.8) is 0 Å². The summed E-state index contributed by atoms with van der Waals surface area (Å²) in [6, 6.07) is 0. The van der Waals surface area contributed by atoms with Gasteiger partial charge in [-0.3, -0.25) is 24.5 Å². The van der Waals surface area contributed by atoms with Crippen molar-refractivity contribution in [2.45, 2.75) is 25.9 Å². The van der Waals surface area contributed by atoms with Crippen LogP contribution in [0.25, 0.3) is 0 Å². The quantitative estimate of drug-likeness (QED) is 0.671. The number of aryl methyl sites for hydroxylation is 1. The highest BCUT2D eigenvalue weighted by molar-refractivity contribution is 6.02. The van der Waals surface area contributed by atoms with E-state index >= 15 is 0 Å². The summed E-state index contributed by atoms with van der Waals surface area (Å²) >= 11 is 0. The van der Waals surface area contributed by atoms with Crippen LogP contribution in [0.15, 0.2) is 6.20 Å². The predicted octanol–water partition coefficient (Wildman–Crippen LogP) is -0.948. The summed E-state index contributed by atoms with van der Waals surface area (Å²) in [4.78, 5) is 25.0. The fourth-order valence-corrected chi connectivity index (χ4v) is 1.71. The van der Waals surface area contributed by atoms with Crippen LogP contribution in [0, 0.1) is 0 Å². The number of carbonyl (C=O) groups excluding carboxylic acids is 2. The Morgan fingerprint density at radius 2 is 2.18 bits per heavy atom. The van der Waals surface area contributed by atoms with Crippen molar-refractivity contribution in [3.8, 4) is 0 Å². The Balaban J connectivity index is 2.18. The minimum atomic E-state index is -0.712. The van der Waals surface area contributed by atoms with Crippen molar-refractivity contribution in [2.75, 3.05) is 6.54 Å². The Labute approximate surface area is 98.8 Å². The number of hydrogen-bond donors (Lipinski definition) is 1. The van der Waals surface area contributed by atoms with Crippen LogP contribution < -0.4 is 5.32 Å². The van der Waals surface area contributed by atoms with Crippen molar-refractivity contribution < 1.29 is 9.59 Å². The van der Waals surface area contributed by atoms with Crippen molar-refractivity contribution in [2.24, 2.45) is 7.05 Å². The van der Waals surface area contributed by atoms with Crippen LogP contribution in [0.4, 0.5) is 0 Å². The molecular formula is C10H15N5O2. The first kappa shape index (κ1) is 11.7. The summed E-state index contributed by atoms with van der Waals surface area (Å²) in [5, 5.41) is 10.5. The lowest BCUT2D eigenvalue weighted by Crippen LogP contribution is -2.63. The molecule has 0 atom stereocenters. The third-order valence-electron chi connectivity index (χ3n) is 2.73. The summed E-state index contributed by atoms with van der Waals surface area (Å²) in [6.45, 7) is 3.85. The van der Waals surface area contributed by atoms with Gasteiger partial charge in [-0.1, -0.05) is 5.21 Å². The van der Waals surface area contributed by atoms with E-state index in [0.717, 1.165) is 0 Å². The second-order valence-corrected chi connectivity index (χ2v) is 4.65. The Kier molecular flexibility index (Phi) is 2.70. The lowest BCUT2D eigenvalue weighted by atomic mass is 10.0. The number of carbonyl (C=O) groups is 2. The Hall–Kier alpha value is -1.76. The topological polar surface area (TPSA) is 80.1 Å². The monoisotopic (exact) mass is 237 g/mol. The molecule has 0 aliphatic carbocycles. The van der Waals surface area contributed by atoms with E-state index in [2.05, 4.69) is 15.6 Å². The smallest absolute Gasteiger partial charge is 0.249 e. The van der Waals surface area contributed by atoms with E-state index < -0.39 is 5.54 Å². The largest absolute Gasteiger partial charge is 0.295 e. The number of amides is 2. The number of imide groups is 1. The molecule has 0 saturated carbocycles. The molecule has 17 heavy (non-hydrogen) atoms. The molecule has 1 saturated heterocycles. The number of nitrogens with zero attached hydrogens (tertiary/aromatic N) is 4. The zero-order valence-corrected chi connectivity index (χ0v) is 10.1. The maximum absolute atomic E-state index is 12.1. The zero-order chi connectivity index (χ0) is 12.6. The number of piperazine rings is 1. The molecule has 1 aliphatic heterocycles. The third kappa shape index (κ3) is 2.19. The standard InChI is InChI=1S/C10H15N5O2/c1-10(2)9(17)15(8(16)4-11-10)6-7-5-14(3)13-12-7/h5,11H,4,6H2,1-3H3. The van der Waals surface area contributed by atoms with Gasteiger partial charge in [-0.25, -0.2) is 0 Å². The van der Waals surface area contributed by atoms with Crippen LogP contribution in [0.1, 0.15) is 19.5 Å². The zero-order valence-electron chi connectivity index (χ0n) is 10.1. The van der Waals surface area contributed by atoms with Crippen molar-refractivity contribution >= 4 is 11.8 Å². The third-order valence-corrected chi connectivity index (χ3v) is 2.73. The SMILES string of the molecule is Cn1cc(CN2C(=O)CNC(C)(C)C2=O)nn1. The fourth-order valence-electron chi connectivity index (χ4n) is 1.71. The van der Waals surface area contributed by atoms with Gasteiger partial charge in [-0.05, 0) is 13.8 Å². The number of nitrogens with one attached hydrogen (secondary N) is 1. The molecule has 2 heterocycles. The maximum Gasteiger partial charge on any atom is 0.249 e. The fraction of sp³-hybridized carbons (Fsp3) is 0.600. The van der Waals surface area contributed by atoms with Gasteiger partial charge in [0.15, 0.2) is 0 Å². The molecule has 7 heteroatoms. The maximum atomic E-state index is 12.1. The van der Waals surface area contributed by atoms with E-state index in [-0.39, 0.29) is 24.9 Å². The summed E-state index contributed by atoms with van der Waals surface area (Å²) in [5.74, 6) is -0.473. The Morgan fingerprint density at radius 3 is 2.76 bits per heavy atom. The predicted molar refractivity (Wildman–Crippen MR) is 58.6 cm³/mol. The van der Waals surface area contributed by atoms with Gasteiger partial charge in [-0.2, -0.15) is 0 Å². The van der Waals surface area contributed by atoms with Crippen molar-refractivity contribution in [1.29, 1.82) is 0 Å². The molecule has 2 amide bonds. The van der Waals surface area contributed by atoms with Crippen LogP contribution >= 0.6 is 0 Å². The number of hydrogen-bond acceptors (Lipinski definition) is 5. The molecule has 0 bridgehead atoms. The summed E-state index contributed by atoms with van der Waals surface area (Å²) in [5.41, 5.74) is -0.109. The second-order valence-electron chi connectivity index (χ2n) is 4.65. The van der Waals surface area contributed by atoms with Crippen LogP contribution in [0.5, 0.6) is 0 Å². The van der Waals surface area contributed by atoms with Crippen molar-refractivity contribution in [3.05, 3.63) is 11.9 Å². The van der Waals surface area contributed by atoms with Crippen molar-refractivity contribution in [1.82, 2.24) is 25.2 Å². The minimum Gasteiger partial charge on any atom is -0.295 e. The number of rotatable bonds is 2. The molecule has 1 aromatic heterocycles. The minimum absolute atomic E-state index is 0.166. The molecule has 0 aromatic carbocycles. The van der Waals surface area contributed by atoms with Gasteiger partial charge < -0.3 is 0 Å². The van der Waals surface area contributed by atoms with Gasteiger partial charge in [-0.15, -0.1) is 5.10 Å². The molecular weight excluding hydrogens is 222 g/mol. The molecule has 0 spiro atoms. The molecule has 1 aromatic rings. The van der Waals surface area contributed by atoms with E-state index in [1.807, 2.05) is 0 Å². The van der Waals surface area contributed by atoms with E-state index in [9.17, 15) is 9.59 Å². The molecule has 1 fully saturated rings. The van der Waals surface area contributed by atoms with E-state index in [1.165, 1.54) is 9.58 Å². The Morgan fingerprint density at radius 1 is 1.47 bits per heavy atom. The van der Waals surface area contributed by atoms with Crippen LogP contribution in [-0.2, 0) is 23.2 Å². The van der Waals surface area contributed by atoms with Gasteiger partial charge >= 0.3 is 0 Å².